The Morgan fingerprint density at radius 1 is 1.13 bits per heavy atom. The molecule has 156 valence electrons. The number of rotatable bonds is 9. The highest BCUT2D eigenvalue weighted by atomic mass is 32.2. The summed E-state index contributed by atoms with van der Waals surface area (Å²) in [6.45, 7) is 9.37. The van der Waals surface area contributed by atoms with Crippen molar-refractivity contribution in [2.24, 2.45) is 0 Å². The Kier molecular flexibility index (Phi) is 7.41. The summed E-state index contributed by atoms with van der Waals surface area (Å²) in [4.78, 5) is 14.4. The van der Waals surface area contributed by atoms with Crippen LogP contribution in [0, 0.1) is 5.82 Å². The molecule has 0 aliphatic heterocycles. The molecule has 30 heavy (non-hydrogen) atoms. The van der Waals surface area contributed by atoms with Crippen LogP contribution in [0.2, 0.25) is 0 Å². The Labute approximate surface area is 180 Å². The van der Waals surface area contributed by atoms with Gasteiger partial charge < -0.3 is 4.90 Å². The van der Waals surface area contributed by atoms with Crippen LogP contribution in [0.15, 0.2) is 71.9 Å². The third-order valence-electron chi connectivity index (χ3n) is 4.54. The van der Waals surface area contributed by atoms with Crippen molar-refractivity contribution in [3.63, 3.8) is 0 Å². The van der Waals surface area contributed by atoms with Gasteiger partial charge in [0.25, 0.3) is 0 Å². The van der Waals surface area contributed by atoms with E-state index in [4.69, 9.17) is 0 Å². The first-order valence-corrected chi connectivity index (χ1v) is 10.7. The van der Waals surface area contributed by atoms with E-state index < -0.39 is 0 Å². The van der Waals surface area contributed by atoms with Gasteiger partial charge in [0.15, 0.2) is 11.0 Å². The Bertz CT molecular complexity index is 1020. The molecule has 0 aliphatic rings. The van der Waals surface area contributed by atoms with Crippen molar-refractivity contribution in [3.05, 3.63) is 78.1 Å². The van der Waals surface area contributed by atoms with Crippen molar-refractivity contribution < 1.29 is 9.18 Å². The highest BCUT2D eigenvalue weighted by molar-refractivity contribution is 7.99. The zero-order chi connectivity index (χ0) is 21.5. The number of thioether (sulfide) groups is 1. The zero-order valence-electron chi connectivity index (χ0n) is 17.2. The second-order valence-corrected chi connectivity index (χ2v) is 7.95. The van der Waals surface area contributed by atoms with Gasteiger partial charge in [-0.15, -0.1) is 10.2 Å². The van der Waals surface area contributed by atoms with Crippen LogP contribution in [0.25, 0.3) is 11.4 Å². The zero-order valence-corrected chi connectivity index (χ0v) is 18.0. The lowest BCUT2D eigenvalue weighted by Crippen LogP contribution is -2.33. The predicted octanol–water partition coefficient (Wildman–Crippen LogP) is 4.65. The van der Waals surface area contributed by atoms with Crippen molar-refractivity contribution in [3.8, 4) is 11.4 Å². The van der Waals surface area contributed by atoms with Gasteiger partial charge in [-0.25, -0.2) is 4.39 Å². The highest BCUT2D eigenvalue weighted by Crippen LogP contribution is 2.27. The Morgan fingerprint density at radius 3 is 2.50 bits per heavy atom. The second kappa shape index (κ2) is 10.2. The number of benzene rings is 2. The van der Waals surface area contributed by atoms with E-state index in [-0.39, 0.29) is 17.5 Å². The minimum Gasteiger partial charge on any atom is -0.338 e. The summed E-state index contributed by atoms with van der Waals surface area (Å²) >= 11 is 1.31. The van der Waals surface area contributed by atoms with Crippen LogP contribution in [0.1, 0.15) is 19.4 Å². The molecule has 0 saturated carbocycles. The molecule has 0 N–H and O–H groups in total. The molecule has 7 heteroatoms. The fourth-order valence-corrected chi connectivity index (χ4v) is 3.91. The largest absolute Gasteiger partial charge is 0.338 e. The van der Waals surface area contributed by atoms with Crippen molar-refractivity contribution in [2.75, 3.05) is 18.8 Å². The number of hydrogen-bond acceptors (Lipinski definition) is 4. The number of aromatic nitrogens is 3. The molecule has 3 aromatic rings. The summed E-state index contributed by atoms with van der Waals surface area (Å²) in [6, 6.07) is 16.4. The predicted molar refractivity (Wildman–Crippen MR) is 119 cm³/mol. The number of halogens is 1. The Hall–Kier alpha value is -2.93. The molecular weight excluding hydrogens is 399 g/mol. The van der Waals surface area contributed by atoms with Crippen LogP contribution < -0.4 is 0 Å². The lowest BCUT2D eigenvalue weighted by molar-refractivity contribution is -0.127. The van der Waals surface area contributed by atoms with Crippen molar-refractivity contribution in [1.29, 1.82) is 0 Å². The molecule has 0 bridgehead atoms. The standard InChI is InChI=1S/C23H25FN4OS/c1-4-27(14-17(2)3)21(29)16-30-23-26-25-22(19-12-8-9-13-20(19)24)28(23)15-18-10-6-5-7-11-18/h5-13H,2,4,14-16H2,1,3H3. The Balaban J connectivity index is 1.88. The van der Waals surface area contributed by atoms with Gasteiger partial charge in [-0.2, -0.15) is 0 Å². The first kappa shape index (κ1) is 21.8. The van der Waals surface area contributed by atoms with E-state index >= 15 is 0 Å². The second-order valence-electron chi connectivity index (χ2n) is 7.01. The van der Waals surface area contributed by atoms with E-state index in [0.29, 0.717) is 36.2 Å². The Morgan fingerprint density at radius 2 is 1.83 bits per heavy atom. The fourth-order valence-electron chi connectivity index (χ4n) is 3.07. The smallest absolute Gasteiger partial charge is 0.233 e. The third-order valence-corrected chi connectivity index (χ3v) is 5.49. The van der Waals surface area contributed by atoms with Crippen LogP contribution in [-0.4, -0.2) is 44.4 Å². The molecule has 0 atom stereocenters. The molecule has 1 heterocycles. The summed E-state index contributed by atoms with van der Waals surface area (Å²) in [7, 11) is 0. The number of carbonyl (C=O) groups is 1. The molecule has 0 spiro atoms. The summed E-state index contributed by atoms with van der Waals surface area (Å²) in [5.74, 6) is 0.324. The summed E-state index contributed by atoms with van der Waals surface area (Å²) in [5, 5.41) is 9.10. The maximum absolute atomic E-state index is 14.4. The number of hydrogen-bond donors (Lipinski definition) is 0. The molecule has 0 fully saturated rings. The highest BCUT2D eigenvalue weighted by Gasteiger charge is 2.19. The van der Waals surface area contributed by atoms with Gasteiger partial charge in [-0.1, -0.05) is 66.4 Å². The van der Waals surface area contributed by atoms with Crippen LogP contribution in [0.3, 0.4) is 0 Å². The monoisotopic (exact) mass is 424 g/mol. The molecule has 1 amide bonds. The van der Waals surface area contributed by atoms with E-state index in [1.165, 1.54) is 17.8 Å². The summed E-state index contributed by atoms with van der Waals surface area (Å²) in [6.07, 6.45) is 0. The number of likely N-dealkylation sites (N-methyl/N-ethyl adjacent to an activating group) is 1. The van der Waals surface area contributed by atoms with Crippen molar-refractivity contribution >= 4 is 17.7 Å². The molecule has 3 rings (SSSR count). The van der Waals surface area contributed by atoms with E-state index in [1.807, 2.05) is 48.7 Å². The van der Waals surface area contributed by atoms with E-state index in [9.17, 15) is 9.18 Å². The van der Waals surface area contributed by atoms with Gasteiger partial charge in [0.05, 0.1) is 17.9 Å². The number of nitrogens with zero attached hydrogens (tertiary/aromatic N) is 4. The normalized spacial score (nSPS) is 10.8. The van der Waals surface area contributed by atoms with E-state index in [2.05, 4.69) is 16.8 Å². The van der Waals surface area contributed by atoms with Crippen LogP contribution in [0.4, 0.5) is 4.39 Å². The van der Waals surface area contributed by atoms with Crippen LogP contribution in [0.5, 0.6) is 0 Å². The molecule has 5 nitrogen and oxygen atoms in total. The molecule has 1 aromatic heterocycles. The fraction of sp³-hybridized carbons (Fsp3) is 0.261. The number of carbonyl (C=O) groups excluding carboxylic acids is 1. The number of amides is 1. The van der Waals surface area contributed by atoms with Gasteiger partial charge in [-0.3, -0.25) is 9.36 Å². The first-order chi connectivity index (χ1) is 14.5. The minimum absolute atomic E-state index is 0.00667. The lowest BCUT2D eigenvalue weighted by Gasteiger charge is -2.20. The van der Waals surface area contributed by atoms with Gasteiger partial charge >= 0.3 is 0 Å². The third kappa shape index (κ3) is 5.36. The van der Waals surface area contributed by atoms with Crippen molar-refractivity contribution in [2.45, 2.75) is 25.5 Å². The van der Waals surface area contributed by atoms with E-state index in [0.717, 1.165) is 11.1 Å². The van der Waals surface area contributed by atoms with Crippen LogP contribution in [-0.2, 0) is 11.3 Å². The van der Waals surface area contributed by atoms with Gasteiger partial charge in [0, 0.05) is 13.1 Å². The summed E-state index contributed by atoms with van der Waals surface area (Å²) < 4.78 is 16.3. The molecule has 0 radical (unpaired) electrons. The SMILES string of the molecule is C=C(C)CN(CC)C(=O)CSc1nnc(-c2ccccc2F)n1Cc1ccccc1. The van der Waals surface area contributed by atoms with Gasteiger partial charge in [-0.05, 0) is 31.5 Å². The topological polar surface area (TPSA) is 51.0 Å². The lowest BCUT2D eigenvalue weighted by atomic mass is 10.2. The average Bonchev–Trinajstić information content (AvgIpc) is 3.13. The van der Waals surface area contributed by atoms with Crippen molar-refractivity contribution in [1.82, 2.24) is 19.7 Å². The van der Waals surface area contributed by atoms with Crippen LogP contribution >= 0.6 is 11.8 Å². The molecule has 2 aromatic carbocycles. The average molecular weight is 425 g/mol. The summed E-state index contributed by atoms with van der Waals surface area (Å²) in [5.41, 5.74) is 2.36. The maximum atomic E-state index is 14.4. The maximum Gasteiger partial charge on any atom is 0.233 e. The molecule has 0 aliphatic carbocycles. The van der Waals surface area contributed by atoms with Gasteiger partial charge in [0.1, 0.15) is 5.82 Å². The quantitative estimate of drug-likeness (QED) is 0.371. The molecule has 0 unspecified atom stereocenters. The molecular formula is C23H25FN4OS. The van der Waals surface area contributed by atoms with E-state index in [1.54, 1.807) is 23.1 Å². The molecule has 0 saturated heterocycles. The first-order valence-electron chi connectivity index (χ1n) is 9.76. The minimum atomic E-state index is -0.356. The van der Waals surface area contributed by atoms with Gasteiger partial charge in [0.2, 0.25) is 5.91 Å².